The van der Waals surface area contributed by atoms with Gasteiger partial charge in [0.15, 0.2) is 0 Å². The maximum absolute atomic E-state index is 5.77. The summed E-state index contributed by atoms with van der Waals surface area (Å²) in [6, 6.07) is 6.04. The predicted molar refractivity (Wildman–Crippen MR) is 67.8 cm³/mol. The maximum atomic E-state index is 5.77. The van der Waals surface area contributed by atoms with Crippen molar-refractivity contribution in [1.82, 2.24) is 9.97 Å². The Labute approximate surface area is 105 Å². The van der Waals surface area contributed by atoms with Crippen LogP contribution in [0.2, 0.25) is 5.28 Å². The molecule has 1 aromatic carbocycles. The van der Waals surface area contributed by atoms with Crippen molar-refractivity contribution in [2.24, 2.45) is 0 Å². The topological polar surface area (TPSA) is 35.0 Å². The summed E-state index contributed by atoms with van der Waals surface area (Å²) >= 11 is 5.75. The third kappa shape index (κ3) is 2.74. The lowest BCUT2D eigenvalue weighted by Gasteiger charge is -2.10. The second-order valence-corrected chi connectivity index (χ2v) is 4.34. The van der Waals surface area contributed by atoms with E-state index in [1.54, 1.807) is 6.20 Å². The van der Waals surface area contributed by atoms with Crippen LogP contribution in [0.25, 0.3) is 0 Å². The number of halogens is 1. The summed E-state index contributed by atoms with van der Waals surface area (Å²) in [5, 5.41) is 0.191. The van der Waals surface area contributed by atoms with Crippen LogP contribution in [0.4, 0.5) is 0 Å². The van der Waals surface area contributed by atoms with E-state index in [0.717, 1.165) is 22.4 Å². The van der Waals surface area contributed by atoms with Crippen LogP contribution in [0.5, 0.6) is 11.6 Å². The first-order chi connectivity index (χ1) is 8.06. The van der Waals surface area contributed by atoms with E-state index >= 15 is 0 Å². The number of aryl methyl sites for hydroxylation is 3. The summed E-state index contributed by atoms with van der Waals surface area (Å²) in [4.78, 5) is 7.97. The van der Waals surface area contributed by atoms with Crippen LogP contribution in [-0.4, -0.2) is 9.97 Å². The lowest BCUT2D eigenvalue weighted by atomic mass is 10.1. The molecule has 0 N–H and O–H groups in total. The van der Waals surface area contributed by atoms with Gasteiger partial charge in [0.1, 0.15) is 5.75 Å². The summed E-state index contributed by atoms with van der Waals surface area (Å²) in [6.45, 7) is 5.90. The third-order valence-electron chi connectivity index (χ3n) is 2.45. The van der Waals surface area contributed by atoms with Crippen LogP contribution in [0.15, 0.2) is 24.4 Å². The number of hydrogen-bond acceptors (Lipinski definition) is 3. The van der Waals surface area contributed by atoms with Gasteiger partial charge in [0, 0.05) is 11.8 Å². The smallest absolute Gasteiger partial charge is 0.226 e. The van der Waals surface area contributed by atoms with Gasteiger partial charge in [-0.2, -0.15) is 4.98 Å². The zero-order chi connectivity index (χ0) is 12.4. The Morgan fingerprint density at radius 3 is 2.65 bits per heavy atom. The number of nitrogens with zero attached hydrogens (tertiary/aromatic N) is 2. The zero-order valence-corrected chi connectivity index (χ0v) is 10.7. The number of aromatic nitrogens is 2. The van der Waals surface area contributed by atoms with E-state index in [0.29, 0.717) is 5.88 Å². The molecular formula is C13H13ClN2O. The van der Waals surface area contributed by atoms with Crippen molar-refractivity contribution in [3.05, 3.63) is 46.4 Å². The van der Waals surface area contributed by atoms with Crippen LogP contribution in [0, 0.1) is 20.8 Å². The molecule has 0 saturated heterocycles. The third-order valence-corrected chi connectivity index (χ3v) is 2.63. The minimum absolute atomic E-state index is 0.191. The van der Waals surface area contributed by atoms with Crippen molar-refractivity contribution < 1.29 is 4.74 Å². The van der Waals surface area contributed by atoms with Crippen LogP contribution in [-0.2, 0) is 0 Å². The van der Waals surface area contributed by atoms with Gasteiger partial charge in [-0.25, -0.2) is 4.98 Å². The molecule has 3 nitrogen and oxygen atoms in total. The fraction of sp³-hybridized carbons (Fsp3) is 0.231. The molecule has 0 fully saturated rings. The highest BCUT2D eigenvalue weighted by molar-refractivity contribution is 6.28. The number of benzene rings is 1. The first kappa shape index (κ1) is 11.9. The highest BCUT2D eigenvalue weighted by atomic mass is 35.5. The Morgan fingerprint density at radius 2 is 1.88 bits per heavy atom. The first-order valence-electron chi connectivity index (χ1n) is 5.30. The predicted octanol–water partition coefficient (Wildman–Crippen LogP) is 3.85. The Balaban J connectivity index is 2.37. The van der Waals surface area contributed by atoms with Crippen LogP contribution in [0.1, 0.15) is 16.7 Å². The Morgan fingerprint density at radius 1 is 1.12 bits per heavy atom. The van der Waals surface area contributed by atoms with Crippen LogP contribution in [0.3, 0.4) is 0 Å². The Bertz CT molecular complexity index is 506. The zero-order valence-electron chi connectivity index (χ0n) is 9.99. The van der Waals surface area contributed by atoms with Gasteiger partial charge in [-0.1, -0.05) is 12.1 Å². The van der Waals surface area contributed by atoms with Gasteiger partial charge in [-0.15, -0.1) is 0 Å². The van der Waals surface area contributed by atoms with Crippen molar-refractivity contribution >= 4 is 11.6 Å². The molecule has 0 aliphatic carbocycles. The second kappa shape index (κ2) is 4.72. The largest absolute Gasteiger partial charge is 0.438 e. The summed E-state index contributed by atoms with van der Waals surface area (Å²) in [5.41, 5.74) is 3.06. The summed E-state index contributed by atoms with van der Waals surface area (Å²) < 4.78 is 5.77. The number of rotatable bonds is 2. The quantitative estimate of drug-likeness (QED) is 0.758. The van der Waals surface area contributed by atoms with Crippen molar-refractivity contribution in [3.63, 3.8) is 0 Å². The van der Waals surface area contributed by atoms with Crippen molar-refractivity contribution in [1.29, 1.82) is 0 Å². The molecule has 0 amide bonds. The first-order valence-corrected chi connectivity index (χ1v) is 5.68. The normalized spacial score (nSPS) is 10.4. The number of ether oxygens (including phenoxy) is 1. The minimum Gasteiger partial charge on any atom is -0.438 e. The highest BCUT2D eigenvalue weighted by Crippen LogP contribution is 2.27. The molecule has 4 heteroatoms. The molecule has 0 bridgehead atoms. The summed E-state index contributed by atoms with van der Waals surface area (Å²) in [6.07, 6.45) is 1.65. The summed E-state index contributed by atoms with van der Waals surface area (Å²) in [7, 11) is 0. The van der Waals surface area contributed by atoms with Gasteiger partial charge in [-0.05, 0) is 49.6 Å². The van der Waals surface area contributed by atoms with E-state index in [1.807, 2.05) is 39.0 Å². The molecule has 0 aliphatic heterocycles. The monoisotopic (exact) mass is 248 g/mol. The molecule has 0 saturated carbocycles. The molecule has 0 atom stereocenters. The lowest BCUT2D eigenvalue weighted by Crippen LogP contribution is -1.95. The molecule has 0 radical (unpaired) electrons. The van der Waals surface area contributed by atoms with Gasteiger partial charge >= 0.3 is 0 Å². The second-order valence-electron chi connectivity index (χ2n) is 4.00. The summed E-state index contributed by atoms with van der Waals surface area (Å²) in [5.74, 6) is 1.29. The molecule has 17 heavy (non-hydrogen) atoms. The highest BCUT2D eigenvalue weighted by Gasteiger charge is 2.07. The van der Waals surface area contributed by atoms with Crippen molar-refractivity contribution in [2.75, 3.05) is 0 Å². The van der Waals surface area contributed by atoms with E-state index in [1.165, 1.54) is 0 Å². The molecular weight excluding hydrogens is 236 g/mol. The fourth-order valence-electron chi connectivity index (χ4n) is 1.43. The van der Waals surface area contributed by atoms with Crippen molar-refractivity contribution in [3.8, 4) is 11.6 Å². The van der Waals surface area contributed by atoms with E-state index < -0.39 is 0 Å². The van der Waals surface area contributed by atoms with Crippen LogP contribution < -0.4 is 4.74 Å². The Hall–Kier alpha value is -1.61. The molecule has 0 aliphatic rings. The standard InChI is InChI=1S/C13H13ClN2O/c1-8-4-5-9(2)11(6-8)17-12-10(3)7-15-13(14)16-12/h4-7H,1-3H3. The molecule has 88 valence electrons. The molecule has 2 aromatic rings. The maximum Gasteiger partial charge on any atom is 0.226 e. The molecule has 1 aromatic heterocycles. The van der Waals surface area contributed by atoms with Crippen molar-refractivity contribution in [2.45, 2.75) is 20.8 Å². The van der Waals surface area contributed by atoms with Crippen LogP contribution >= 0.6 is 11.6 Å². The molecule has 0 unspecified atom stereocenters. The average molecular weight is 249 g/mol. The number of hydrogen-bond donors (Lipinski definition) is 0. The van der Waals surface area contributed by atoms with E-state index in [4.69, 9.17) is 16.3 Å². The molecule has 2 rings (SSSR count). The van der Waals surface area contributed by atoms with E-state index in [2.05, 4.69) is 9.97 Å². The lowest BCUT2D eigenvalue weighted by molar-refractivity contribution is 0.453. The SMILES string of the molecule is Cc1ccc(C)c(Oc2nc(Cl)ncc2C)c1. The fourth-order valence-corrected chi connectivity index (χ4v) is 1.56. The minimum atomic E-state index is 0.191. The Kier molecular flexibility index (Phi) is 3.29. The van der Waals surface area contributed by atoms with Gasteiger partial charge in [0.2, 0.25) is 11.2 Å². The van der Waals surface area contributed by atoms with Gasteiger partial charge < -0.3 is 4.74 Å². The molecule has 1 heterocycles. The van der Waals surface area contributed by atoms with Gasteiger partial charge in [-0.3, -0.25) is 0 Å². The van der Waals surface area contributed by atoms with Gasteiger partial charge in [0.05, 0.1) is 0 Å². The average Bonchev–Trinajstić information content (AvgIpc) is 2.28. The van der Waals surface area contributed by atoms with E-state index in [9.17, 15) is 0 Å². The van der Waals surface area contributed by atoms with Gasteiger partial charge in [0.25, 0.3) is 0 Å². The molecule has 0 spiro atoms. The van der Waals surface area contributed by atoms with E-state index in [-0.39, 0.29) is 5.28 Å².